The molecule has 0 fully saturated rings. The van der Waals surface area contributed by atoms with Gasteiger partial charge in [0.05, 0.1) is 11.6 Å². The van der Waals surface area contributed by atoms with Gasteiger partial charge in [-0.15, -0.1) is 0 Å². The fraction of sp³-hybridized carbons (Fsp3) is 0.238. The maximum atomic E-state index is 4.88. The molecule has 3 N–H and O–H groups in total. The molecule has 0 saturated heterocycles. The highest BCUT2D eigenvalue weighted by Crippen LogP contribution is 2.41. The predicted molar refractivity (Wildman–Crippen MR) is 107 cm³/mol. The molecule has 136 valence electrons. The highest BCUT2D eigenvalue weighted by atomic mass is 15.4. The number of nitrogens with one attached hydrogen (secondary N) is 3. The summed E-state index contributed by atoms with van der Waals surface area (Å²) < 4.78 is 0. The van der Waals surface area contributed by atoms with Crippen molar-refractivity contribution >= 4 is 17.6 Å². The van der Waals surface area contributed by atoms with E-state index in [2.05, 4.69) is 68.5 Å². The van der Waals surface area contributed by atoms with Gasteiger partial charge in [-0.1, -0.05) is 60.7 Å². The Morgan fingerprint density at radius 1 is 0.963 bits per heavy atom. The zero-order chi connectivity index (χ0) is 18.1. The van der Waals surface area contributed by atoms with Gasteiger partial charge in [-0.3, -0.25) is 0 Å². The number of benzene rings is 2. The van der Waals surface area contributed by atoms with Gasteiger partial charge in [-0.25, -0.2) is 5.43 Å². The van der Waals surface area contributed by atoms with Crippen LogP contribution in [0.5, 0.6) is 0 Å². The van der Waals surface area contributed by atoms with Crippen LogP contribution < -0.4 is 21.1 Å². The van der Waals surface area contributed by atoms with E-state index in [1.54, 1.807) is 0 Å². The number of hydrazine groups is 1. The first-order chi connectivity index (χ1) is 13.4. The first kappa shape index (κ1) is 16.1. The topological polar surface area (TPSA) is 65.1 Å². The van der Waals surface area contributed by atoms with E-state index in [9.17, 15) is 0 Å². The largest absolute Gasteiger partial charge is 0.352 e. The molecule has 1 unspecified atom stereocenters. The molecule has 0 radical (unpaired) electrons. The van der Waals surface area contributed by atoms with Crippen LogP contribution in [0, 0.1) is 0 Å². The second-order valence-electron chi connectivity index (χ2n) is 6.99. The third kappa shape index (κ3) is 3.19. The van der Waals surface area contributed by atoms with Gasteiger partial charge >= 0.3 is 0 Å². The Morgan fingerprint density at radius 2 is 1.70 bits per heavy atom. The highest BCUT2D eigenvalue weighted by Gasteiger charge is 2.34. The van der Waals surface area contributed by atoms with Crippen LogP contribution in [0.3, 0.4) is 0 Å². The van der Waals surface area contributed by atoms with Crippen molar-refractivity contribution in [3.8, 4) is 0 Å². The molecular weight excluding hydrogens is 336 g/mol. The van der Waals surface area contributed by atoms with E-state index in [0.29, 0.717) is 12.5 Å². The Balaban J connectivity index is 1.43. The van der Waals surface area contributed by atoms with Crippen molar-refractivity contribution in [2.75, 3.05) is 22.2 Å². The Morgan fingerprint density at radius 3 is 2.48 bits per heavy atom. The first-order valence-electron chi connectivity index (χ1n) is 9.37. The summed E-state index contributed by atoms with van der Waals surface area (Å²) in [6, 6.07) is 21.1. The Kier molecular flexibility index (Phi) is 4.10. The Labute approximate surface area is 158 Å². The highest BCUT2D eigenvalue weighted by molar-refractivity contribution is 5.67. The van der Waals surface area contributed by atoms with Crippen LogP contribution in [0.15, 0.2) is 60.7 Å². The van der Waals surface area contributed by atoms with Gasteiger partial charge in [-0.05, 0) is 17.5 Å². The fourth-order valence-electron chi connectivity index (χ4n) is 3.76. The SMILES string of the molecule is c1ccc(CNc2nc3c4c(n2)N(Cc2ccccc2)CCC4NN3)cc1. The van der Waals surface area contributed by atoms with Crippen LogP contribution in [0.2, 0.25) is 0 Å². The molecule has 27 heavy (non-hydrogen) atoms. The van der Waals surface area contributed by atoms with Crippen LogP contribution >= 0.6 is 0 Å². The first-order valence-corrected chi connectivity index (χ1v) is 9.37. The molecule has 0 amide bonds. The molecule has 0 bridgehead atoms. The van der Waals surface area contributed by atoms with Crippen molar-refractivity contribution in [3.05, 3.63) is 77.4 Å². The lowest BCUT2D eigenvalue weighted by atomic mass is 10.0. The zero-order valence-corrected chi connectivity index (χ0v) is 15.0. The summed E-state index contributed by atoms with van der Waals surface area (Å²) in [7, 11) is 0. The summed E-state index contributed by atoms with van der Waals surface area (Å²) in [5.41, 5.74) is 10.3. The molecule has 0 saturated carbocycles. The van der Waals surface area contributed by atoms with Gasteiger partial charge in [0, 0.05) is 19.6 Å². The van der Waals surface area contributed by atoms with Crippen LogP contribution in [0.25, 0.3) is 0 Å². The van der Waals surface area contributed by atoms with E-state index < -0.39 is 0 Å². The molecule has 6 heteroatoms. The summed E-state index contributed by atoms with van der Waals surface area (Å²) >= 11 is 0. The van der Waals surface area contributed by atoms with Crippen LogP contribution in [-0.4, -0.2) is 16.5 Å². The number of hydrogen-bond acceptors (Lipinski definition) is 6. The fourth-order valence-corrected chi connectivity index (χ4v) is 3.76. The zero-order valence-electron chi connectivity index (χ0n) is 15.0. The quantitative estimate of drug-likeness (QED) is 0.649. The smallest absolute Gasteiger partial charge is 0.226 e. The number of rotatable bonds is 5. The van der Waals surface area contributed by atoms with Crippen molar-refractivity contribution in [1.29, 1.82) is 0 Å². The molecule has 2 aliphatic rings. The lowest BCUT2D eigenvalue weighted by Crippen LogP contribution is -2.34. The minimum absolute atomic E-state index is 0.283. The number of anilines is 3. The van der Waals surface area contributed by atoms with Gasteiger partial charge < -0.3 is 15.6 Å². The molecule has 1 aromatic heterocycles. The third-order valence-electron chi connectivity index (χ3n) is 5.14. The second kappa shape index (κ2) is 6.89. The van der Waals surface area contributed by atoms with Gasteiger partial charge in [0.25, 0.3) is 0 Å². The molecule has 3 aromatic rings. The van der Waals surface area contributed by atoms with E-state index in [4.69, 9.17) is 4.98 Å². The average Bonchev–Trinajstić information content (AvgIpc) is 3.14. The van der Waals surface area contributed by atoms with Crippen LogP contribution in [-0.2, 0) is 13.1 Å². The van der Waals surface area contributed by atoms with E-state index in [-0.39, 0.29) is 6.04 Å². The number of aromatic nitrogens is 2. The lowest BCUT2D eigenvalue weighted by molar-refractivity contribution is 0.534. The molecule has 1 atom stereocenters. The van der Waals surface area contributed by atoms with Crippen LogP contribution in [0.1, 0.15) is 29.2 Å². The maximum absolute atomic E-state index is 4.88. The summed E-state index contributed by atoms with van der Waals surface area (Å²) in [5.74, 6) is 2.56. The van der Waals surface area contributed by atoms with Crippen LogP contribution in [0.4, 0.5) is 17.6 Å². The van der Waals surface area contributed by atoms with Crippen molar-refractivity contribution in [1.82, 2.24) is 15.4 Å². The van der Waals surface area contributed by atoms with Crippen molar-refractivity contribution < 1.29 is 0 Å². The van der Waals surface area contributed by atoms with Crippen molar-refractivity contribution in [2.24, 2.45) is 0 Å². The van der Waals surface area contributed by atoms with Gasteiger partial charge in [0.15, 0.2) is 5.82 Å². The molecule has 0 spiro atoms. The van der Waals surface area contributed by atoms with E-state index >= 15 is 0 Å². The van der Waals surface area contributed by atoms with E-state index in [1.807, 2.05) is 18.2 Å². The molecule has 6 nitrogen and oxygen atoms in total. The average molecular weight is 358 g/mol. The second-order valence-corrected chi connectivity index (χ2v) is 6.99. The van der Waals surface area contributed by atoms with Gasteiger partial charge in [-0.2, -0.15) is 9.97 Å². The van der Waals surface area contributed by atoms with E-state index in [1.165, 1.54) is 16.7 Å². The predicted octanol–water partition coefficient (Wildman–Crippen LogP) is 3.47. The van der Waals surface area contributed by atoms with Crippen molar-refractivity contribution in [3.63, 3.8) is 0 Å². The molecular formula is C21H22N6. The summed E-state index contributed by atoms with van der Waals surface area (Å²) in [6.07, 6.45) is 1.04. The molecule has 3 heterocycles. The van der Waals surface area contributed by atoms with E-state index in [0.717, 1.165) is 31.1 Å². The van der Waals surface area contributed by atoms with Crippen molar-refractivity contribution in [2.45, 2.75) is 25.6 Å². The number of hydrogen-bond donors (Lipinski definition) is 3. The Bertz CT molecular complexity index is 928. The standard InChI is InChI=1S/C21H22N6/c1-3-7-15(8-4-1)13-22-21-23-19-18-17(25-26-19)11-12-27(20(18)24-21)14-16-9-5-2-6-10-16/h1-10,17,25H,11-14H2,(H2,22,23,24,26). The molecule has 5 rings (SSSR count). The summed E-state index contributed by atoms with van der Waals surface area (Å²) in [5, 5.41) is 3.37. The normalized spacial score (nSPS) is 17.3. The summed E-state index contributed by atoms with van der Waals surface area (Å²) in [4.78, 5) is 11.9. The Hall–Kier alpha value is -3.12. The minimum atomic E-state index is 0.283. The maximum Gasteiger partial charge on any atom is 0.226 e. The minimum Gasteiger partial charge on any atom is -0.352 e. The van der Waals surface area contributed by atoms with Gasteiger partial charge in [0.2, 0.25) is 5.95 Å². The molecule has 0 aliphatic carbocycles. The summed E-state index contributed by atoms with van der Waals surface area (Å²) in [6.45, 7) is 2.53. The van der Waals surface area contributed by atoms with Gasteiger partial charge in [0.1, 0.15) is 5.82 Å². The number of nitrogens with zero attached hydrogens (tertiary/aromatic N) is 3. The molecule has 2 aliphatic heterocycles. The molecule has 2 aromatic carbocycles. The monoisotopic (exact) mass is 358 g/mol. The third-order valence-corrected chi connectivity index (χ3v) is 5.14. The lowest BCUT2D eigenvalue weighted by Gasteiger charge is -2.32.